The summed E-state index contributed by atoms with van der Waals surface area (Å²) < 4.78 is 5.94. The van der Waals surface area contributed by atoms with Crippen LogP contribution in [0.5, 0.6) is 5.75 Å². The van der Waals surface area contributed by atoms with Crippen molar-refractivity contribution in [3.8, 4) is 5.75 Å². The molecule has 3 aromatic rings. The molecule has 0 unspecified atom stereocenters. The van der Waals surface area contributed by atoms with E-state index in [0.717, 1.165) is 23.1 Å². The van der Waals surface area contributed by atoms with E-state index in [1.807, 2.05) is 12.1 Å². The quantitative estimate of drug-likeness (QED) is 0.628. The molecule has 0 aliphatic heterocycles. The Hall–Kier alpha value is -2.82. The maximum absolute atomic E-state index is 12.0. The number of rotatable bonds is 5. The number of amides is 1. The van der Waals surface area contributed by atoms with Gasteiger partial charge in [0, 0.05) is 11.1 Å². The van der Waals surface area contributed by atoms with E-state index in [1.54, 1.807) is 24.3 Å². The summed E-state index contributed by atoms with van der Waals surface area (Å²) in [6.45, 7) is 0. The van der Waals surface area contributed by atoms with Crippen LogP contribution >= 0.6 is 0 Å². The molecule has 1 heterocycles. The van der Waals surface area contributed by atoms with Gasteiger partial charge in [0.05, 0.1) is 6.42 Å². The van der Waals surface area contributed by atoms with Crippen molar-refractivity contribution < 1.29 is 14.3 Å². The van der Waals surface area contributed by atoms with Gasteiger partial charge in [0.2, 0.25) is 5.91 Å². The van der Waals surface area contributed by atoms with E-state index in [4.69, 9.17) is 15.1 Å². The first-order chi connectivity index (χ1) is 13.6. The second-order valence-corrected chi connectivity index (χ2v) is 7.78. The Balaban J connectivity index is 1.70. The molecular formula is C23H26N2O3. The van der Waals surface area contributed by atoms with Gasteiger partial charge in [-0.05, 0) is 36.1 Å². The van der Waals surface area contributed by atoms with Crippen molar-refractivity contribution in [1.82, 2.24) is 4.98 Å². The van der Waals surface area contributed by atoms with Gasteiger partial charge in [-0.3, -0.25) is 4.79 Å². The predicted molar refractivity (Wildman–Crippen MR) is 108 cm³/mol. The van der Waals surface area contributed by atoms with E-state index in [1.165, 1.54) is 38.5 Å². The van der Waals surface area contributed by atoms with Gasteiger partial charge in [-0.25, -0.2) is 4.98 Å². The largest absolute Gasteiger partial charge is 0.508 e. The Morgan fingerprint density at radius 1 is 1.11 bits per heavy atom. The molecule has 0 spiro atoms. The zero-order valence-electron chi connectivity index (χ0n) is 16.0. The lowest BCUT2D eigenvalue weighted by atomic mass is 9.89. The van der Waals surface area contributed by atoms with Crippen molar-refractivity contribution in [3.05, 3.63) is 59.0 Å². The number of para-hydroxylation sites is 1. The molecular weight excluding hydrogens is 352 g/mol. The van der Waals surface area contributed by atoms with Crippen molar-refractivity contribution in [2.75, 3.05) is 0 Å². The zero-order chi connectivity index (χ0) is 19.5. The number of hydrogen-bond acceptors (Lipinski definition) is 4. The van der Waals surface area contributed by atoms with E-state index >= 15 is 0 Å². The van der Waals surface area contributed by atoms with Gasteiger partial charge in [0.15, 0.2) is 11.5 Å². The summed E-state index contributed by atoms with van der Waals surface area (Å²) in [4.78, 5) is 16.7. The molecule has 2 aromatic carbocycles. The standard InChI is InChI=1S/C23H26N2O3/c24-23(27)17-11-12-20-22(18(17)13-15-7-3-1-2-4-8-15)25-21(28-20)14-16-9-5-6-10-19(16)26/h5-6,9-12,15,26H,1-4,7-8,13-14H2,(H2,24,27). The van der Waals surface area contributed by atoms with Crippen LogP contribution in [0.1, 0.15) is 65.9 Å². The Morgan fingerprint density at radius 2 is 1.86 bits per heavy atom. The number of phenols is 1. The highest BCUT2D eigenvalue weighted by Gasteiger charge is 2.21. The molecule has 1 amide bonds. The van der Waals surface area contributed by atoms with Crippen LogP contribution in [0.3, 0.4) is 0 Å². The second-order valence-electron chi connectivity index (χ2n) is 7.78. The van der Waals surface area contributed by atoms with Crippen molar-refractivity contribution in [1.29, 1.82) is 0 Å². The fourth-order valence-corrected chi connectivity index (χ4v) is 4.29. The average molecular weight is 378 g/mol. The van der Waals surface area contributed by atoms with Crippen LogP contribution in [0.4, 0.5) is 0 Å². The number of hydrogen-bond donors (Lipinski definition) is 2. The number of phenolic OH excluding ortho intramolecular Hbond substituents is 1. The molecule has 1 aliphatic rings. The summed E-state index contributed by atoms with van der Waals surface area (Å²) in [5.74, 6) is 0.877. The number of oxazole rings is 1. The number of nitrogens with two attached hydrogens (primary N) is 1. The highest BCUT2D eigenvalue weighted by atomic mass is 16.3. The SMILES string of the molecule is NC(=O)c1ccc2oc(Cc3ccccc3O)nc2c1CC1CCCCCC1. The molecule has 3 N–H and O–H groups in total. The minimum absolute atomic E-state index is 0.223. The number of primary amides is 1. The van der Waals surface area contributed by atoms with Crippen LogP contribution in [-0.2, 0) is 12.8 Å². The van der Waals surface area contributed by atoms with Gasteiger partial charge in [-0.1, -0.05) is 56.7 Å². The van der Waals surface area contributed by atoms with Gasteiger partial charge < -0.3 is 15.3 Å². The molecule has 5 heteroatoms. The average Bonchev–Trinajstić information content (AvgIpc) is 2.91. The van der Waals surface area contributed by atoms with E-state index in [-0.39, 0.29) is 5.75 Å². The molecule has 1 saturated carbocycles. The van der Waals surface area contributed by atoms with E-state index in [0.29, 0.717) is 29.4 Å². The maximum Gasteiger partial charge on any atom is 0.249 e. The topological polar surface area (TPSA) is 89.4 Å². The van der Waals surface area contributed by atoms with Crippen LogP contribution in [-0.4, -0.2) is 16.0 Å². The molecule has 0 radical (unpaired) electrons. The summed E-state index contributed by atoms with van der Waals surface area (Å²) in [5.41, 5.74) is 9.26. The maximum atomic E-state index is 12.0. The molecule has 0 saturated heterocycles. The lowest BCUT2D eigenvalue weighted by Gasteiger charge is -2.16. The lowest BCUT2D eigenvalue weighted by molar-refractivity contribution is 0.0999. The zero-order valence-corrected chi connectivity index (χ0v) is 16.0. The minimum atomic E-state index is -0.421. The molecule has 4 rings (SSSR count). The number of nitrogens with zero attached hydrogens (tertiary/aromatic N) is 1. The third-order valence-electron chi connectivity index (χ3n) is 5.78. The number of benzene rings is 2. The highest BCUT2D eigenvalue weighted by Crippen LogP contribution is 2.32. The number of aromatic hydroxyl groups is 1. The monoisotopic (exact) mass is 378 g/mol. The van der Waals surface area contributed by atoms with Gasteiger partial charge in [0.1, 0.15) is 11.3 Å². The Bertz CT molecular complexity index is 985. The Morgan fingerprint density at radius 3 is 2.57 bits per heavy atom. The molecule has 146 valence electrons. The van der Waals surface area contributed by atoms with E-state index in [2.05, 4.69) is 0 Å². The predicted octanol–water partition coefficient (Wildman–Crippen LogP) is 4.74. The van der Waals surface area contributed by atoms with Crippen LogP contribution in [0.15, 0.2) is 40.8 Å². The fraction of sp³-hybridized carbons (Fsp3) is 0.391. The molecule has 0 atom stereocenters. The number of fused-ring (bicyclic) bond motifs is 1. The summed E-state index contributed by atoms with van der Waals surface area (Å²) in [5, 5.41) is 10.0. The van der Waals surface area contributed by atoms with Crippen LogP contribution in [0, 0.1) is 5.92 Å². The second kappa shape index (κ2) is 8.05. The first-order valence-electron chi connectivity index (χ1n) is 10.1. The third-order valence-corrected chi connectivity index (χ3v) is 5.78. The highest BCUT2D eigenvalue weighted by molar-refractivity contribution is 5.98. The third kappa shape index (κ3) is 3.88. The molecule has 5 nitrogen and oxygen atoms in total. The van der Waals surface area contributed by atoms with E-state index in [9.17, 15) is 9.90 Å². The normalized spacial score (nSPS) is 15.6. The number of carbonyl (C=O) groups excluding carboxylic acids is 1. The van der Waals surface area contributed by atoms with Crippen molar-refractivity contribution in [2.45, 2.75) is 51.4 Å². The smallest absolute Gasteiger partial charge is 0.249 e. The Kier molecular flexibility index (Phi) is 5.33. The summed E-state index contributed by atoms with van der Waals surface area (Å²) >= 11 is 0. The fourth-order valence-electron chi connectivity index (χ4n) is 4.29. The van der Waals surface area contributed by atoms with Gasteiger partial charge in [-0.15, -0.1) is 0 Å². The molecule has 0 bridgehead atoms. The summed E-state index contributed by atoms with van der Waals surface area (Å²) in [6, 6.07) is 10.7. The van der Waals surface area contributed by atoms with E-state index < -0.39 is 5.91 Å². The van der Waals surface area contributed by atoms with Crippen molar-refractivity contribution >= 4 is 17.0 Å². The van der Waals surface area contributed by atoms with Gasteiger partial charge in [-0.2, -0.15) is 0 Å². The first-order valence-corrected chi connectivity index (χ1v) is 10.1. The van der Waals surface area contributed by atoms with Crippen LogP contribution in [0.2, 0.25) is 0 Å². The van der Waals surface area contributed by atoms with Crippen LogP contribution in [0.25, 0.3) is 11.1 Å². The van der Waals surface area contributed by atoms with Gasteiger partial charge >= 0.3 is 0 Å². The molecule has 28 heavy (non-hydrogen) atoms. The van der Waals surface area contributed by atoms with Gasteiger partial charge in [0.25, 0.3) is 0 Å². The number of carbonyl (C=O) groups is 1. The molecule has 1 aromatic heterocycles. The van der Waals surface area contributed by atoms with Crippen LogP contribution < -0.4 is 5.73 Å². The Labute approximate surface area is 164 Å². The summed E-state index contributed by atoms with van der Waals surface area (Å²) in [6.07, 6.45) is 8.62. The number of aromatic nitrogens is 1. The summed E-state index contributed by atoms with van der Waals surface area (Å²) in [7, 11) is 0. The van der Waals surface area contributed by atoms with Crippen molar-refractivity contribution in [3.63, 3.8) is 0 Å². The molecule has 1 aliphatic carbocycles. The first kappa shape index (κ1) is 18.5. The van der Waals surface area contributed by atoms with Crippen molar-refractivity contribution in [2.24, 2.45) is 11.7 Å². The molecule has 1 fully saturated rings. The lowest BCUT2D eigenvalue weighted by Crippen LogP contribution is -2.16. The minimum Gasteiger partial charge on any atom is -0.508 e.